The van der Waals surface area contributed by atoms with Gasteiger partial charge >= 0.3 is 5.63 Å². The van der Waals surface area contributed by atoms with Crippen LogP contribution in [0, 0.1) is 20.8 Å². The van der Waals surface area contributed by atoms with Gasteiger partial charge in [-0.05, 0) is 57.4 Å². The van der Waals surface area contributed by atoms with Gasteiger partial charge in [-0.1, -0.05) is 0 Å². The number of ether oxygens (including phenoxy) is 1. The number of hydrogen-bond acceptors (Lipinski definition) is 5. The Labute approximate surface area is 163 Å². The summed E-state index contributed by atoms with van der Waals surface area (Å²) in [5.74, 6) is 0.354. The molecule has 0 bridgehead atoms. The van der Waals surface area contributed by atoms with Gasteiger partial charge in [-0.25, -0.2) is 9.78 Å². The van der Waals surface area contributed by atoms with E-state index in [-0.39, 0.29) is 11.5 Å². The lowest BCUT2D eigenvalue weighted by molar-refractivity contribution is -0.127. The number of benzene rings is 1. The molecule has 0 aliphatic heterocycles. The minimum Gasteiger partial charge on any atom is -0.480 e. The number of fused-ring (bicyclic) bond motifs is 1. The summed E-state index contributed by atoms with van der Waals surface area (Å²) in [5, 5.41) is 3.62. The summed E-state index contributed by atoms with van der Waals surface area (Å²) in [6, 6.07) is 3.66. The van der Waals surface area contributed by atoms with Crippen molar-refractivity contribution in [1.29, 1.82) is 0 Å². The standard InChI is InChI=1S/C21H25N3O4/c1-13-10-17(19-14(2)15(3)21(26)28-18(19)11-13)27-16(4)20(25)23-6-5-8-24-9-7-22-12-24/h7,9-12,16H,5-6,8H2,1-4H3,(H,23,25)/t16-/m1/s1. The van der Waals surface area contributed by atoms with E-state index in [4.69, 9.17) is 9.15 Å². The van der Waals surface area contributed by atoms with Gasteiger partial charge in [0.1, 0.15) is 11.3 Å². The second-order valence-electron chi connectivity index (χ2n) is 6.98. The predicted octanol–water partition coefficient (Wildman–Crippen LogP) is 2.89. The van der Waals surface area contributed by atoms with Crippen molar-refractivity contribution < 1.29 is 13.9 Å². The number of aromatic nitrogens is 2. The maximum absolute atomic E-state index is 12.4. The van der Waals surface area contributed by atoms with Gasteiger partial charge in [-0.3, -0.25) is 4.79 Å². The molecule has 0 saturated heterocycles. The molecule has 148 valence electrons. The van der Waals surface area contributed by atoms with Crippen LogP contribution in [0.5, 0.6) is 5.75 Å². The molecule has 1 aromatic carbocycles. The van der Waals surface area contributed by atoms with Gasteiger partial charge in [0.05, 0.1) is 11.7 Å². The number of rotatable bonds is 7. The van der Waals surface area contributed by atoms with E-state index < -0.39 is 6.10 Å². The second kappa shape index (κ2) is 8.29. The first kappa shape index (κ1) is 19.7. The molecule has 1 amide bonds. The zero-order valence-corrected chi connectivity index (χ0v) is 16.6. The van der Waals surface area contributed by atoms with Gasteiger partial charge in [0, 0.05) is 31.0 Å². The lowest BCUT2D eigenvalue weighted by Gasteiger charge is -2.18. The number of carbonyl (C=O) groups is 1. The summed E-state index contributed by atoms with van der Waals surface area (Å²) < 4.78 is 13.3. The number of nitrogens with one attached hydrogen (secondary N) is 1. The van der Waals surface area contributed by atoms with E-state index in [2.05, 4.69) is 10.3 Å². The fourth-order valence-electron chi connectivity index (χ4n) is 3.06. The molecule has 0 saturated carbocycles. The van der Waals surface area contributed by atoms with Crippen molar-refractivity contribution in [3.63, 3.8) is 0 Å². The topological polar surface area (TPSA) is 86.4 Å². The van der Waals surface area contributed by atoms with Crippen molar-refractivity contribution in [2.24, 2.45) is 0 Å². The minimum absolute atomic E-state index is 0.188. The highest BCUT2D eigenvalue weighted by atomic mass is 16.5. The maximum Gasteiger partial charge on any atom is 0.339 e. The Kier molecular flexibility index (Phi) is 5.82. The summed E-state index contributed by atoms with van der Waals surface area (Å²) in [5.41, 5.74) is 2.34. The van der Waals surface area contributed by atoms with Gasteiger partial charge in [-0.15, -0.1) is 0 Å². The van der Waals surface area contributed by atoms with Crippen LogP contribution in [0.2, 0.25) is 0 Å². The molecule has 0 aliphatic carbocycles. The first-order chi connectivity index (χ1) is 13.4. The molecule has 7 heteroatoms. The van der Waals surface area contributed by atoms with Crippen LogP contribution in [0.25, 0.3) is 11.0 Å². The minimum atomic E-state index is -0.676. The van der Waals surface area contributed by atoms with Crippen LogP contribution >= 0.6 is 0 Å². The summed E-state index contributed by atoms with van der Waals surface area (Å²) in [7, 11) is 0. The number of aryl methyl sites for hydroxylation is 3. The Morgan fingerprint density at radius 1 is 1.29 bits per heavy atom. The number of nitrogens with zero attached hydrogens (tertiary/aromatic N) is 2. The average Bonchev–Trinajstić information content (AvgIpc) is 3.16. The summed E-state index contributed by atoms with van der Waals surface area (Å²) in [6.07, 6.45) is 5.49. The highest BCUT2D eigenvalue weighted by Gasteiger charge is 2.19. The smallest absolute Gasteiger partial charge is 0.339 e. The van der Waals surface area contributed by atoms with E-state index in [1.165, 1.54) is 0 Å². The molecule has 2 heterocycles. The molecule has 7 nitrogen and oxygen atoms in total. The lowest BCUT2D eigenvalue weighted by Crippen LogP contribution is -2.37. The average molecular weight is 383 g/mol. The zero-order valence-electron chi connectivity index (χ0n) is 16.6. The van der Waals surface area contributed by atoms with Gasteiger partial charge < -0.3 is 19.0 Å². The third-order valence-corrected chi connectivity index (χ3v) is 4.78. The van der Waals surface area contributed by atoms with Crippen LogP contribution in [0.3, 0.4) is 0 Å². The van der Waals surface area contributed by atoms with E-state index in [1.807, 2.05) is 30.7 Å². The van der Waals surface area contributed by atoms with Crippen LogP contribution in [0.15, 0.2) is 40.1 Å². The van der Waals surface area contributed by atoms with Crippen molar-refractivity contribution in [2.45, 2.75) is 46.8 Å². The van der Waals surface area contributed by atoms with Crippen molar-refractivity contribution in [3.8, 4) is 5.75 Å². The van der Waals surface area contributed by atoms with E-state index >= 15 is 0 Å². The highest BCUT2D eigenvalue weighted by Crippen LogP contribution is 2.31. The van der Waals surface area contributed by atoms with E-state index in [9.17, 15) is 9.59 Å². The predicted molar refractivity (Wildman–Crippen MR) is 107 cm³/mol. The Bertz CT molecular complexity index is 1040. The van der Waals surface area contributed by atoms with Crippen molar-refractivity contribution in [3.05, 3.63) is 58.0 Å². The Morgan fingerprint density at radius 2 is 2.07 bits per heavy atom. The van der Waals surface area contributed by atoms with Gasteiger partial charge in [0.25, 0.3) is 5.91 Å². The fraction of sp³-hybridized carbons (Fsp3) is 0.381. The Hall–Kier alpha value is -3.09. The van der Waals surface area contributed by atoms with Crippen molar-refractivity contribution >= 4 is 16.9 Å². The zero-order chi connectivity index (χ0) is 20.3. The molecule has 1 N–H and O–H groups in total. The molecule has 3 aromatic rings. The van der Waals surface area contributed by atoms with E-state index in [0.717, 1.165) is 29.5 Å². The molecule has 0 unspecified atom stereocenters. The molecule has 2 aromatic heterocycles. The number of imidazole rings is 1. The van der Waals surface area contributed by atoms with E-state index in [1.54, 1.807) is 32.4 Å². The molecular formula is C21H25N3O4. The van der Waals surface area contributed by atoms with E-state index in [0.29, 0.717) is 23.4 Å². The number of hydrogen-bond donors (Lipinski definition) is 1. The molecular weight excluding hydrogens is 358 g/mol. The largest absolute Gasteiger partial charge is 0.480 e. The van der Waals surface area contributed by atoms with Gasteiger partial charge in [-0.2, -0.15) is 0 Å². The van der Waals surface area contributed by atoms with Crippen LogP contribution in [0.4, 0.5) is 0 Å². The monoisotopic (exact) mass is 383 g/mol. The third-order valence-electron chi connectivity index (χ3n) is 4.78. The molecule has 0 fully saturated rings. The third kappa shape index (κ3) is 4.24. The quantitative estimate of drug-likeness (QED) is 0.501. The van der Waals surface area contributed by atoms with Crippen LogP contribution in [-0.2, 0) is 11.3 Å². The Morgan fingerprint density at radius 3 is 2.79 bits per heavy atom. The van der Waals surface area contributed by atoms with Gasteiger partial charge in [0.2, 0.25) is 0 Å². The lowest BCUT2D eigenvalue weighted by atomic mass is 10.0. The number of amides is 1. The molecule has 0 radical (unpaired) electrons. The van der Waals surface area contributed by atoms with Crippen LogP contribution < -0.4 is 15.7 Å². The molecule has 1 atom stereocenters. The molecule has 28 heavy (non-hydrogen) atoms. The highest BCUT2D eigenvalue weighted by molar-refractivity contribution is 5.89. The summed E-state index contributed by atoms with van der Waals surface area (Å²) in [4.78, 5) is 28.4. The van der Waals surface area contributed by atoms with Crippen molar-refractivity contribution in [2.75, 3.05) is 6.54 Å². The fourth-order valence-corrected chi connectivity index (χ4v) is 3.06. The Balaban J connectivity index is 1.70. The molecule has 3 rings (SSSR count). The molecule has 0 spiro atoms. The normalized spacial score (nSPS) is 12.1. The van der Waals surface area contributed by atoms with Crippen LogP contribution in [0.1, 0.15) is 30.0 Å². The summed E-state index contributed by atoms with van der Waals surface area (Å²) >= 11 is 0. The van der Waals surface area contributed by atoms with Crippen molar-refractivity contribution in [1.82, 2.24) is 14.9 Å². The van der Waals surface area contributed by atoms with Crippen LogP contribution in [-0.4, -0.2) is 28.1 Å². The second-order valence-corrected chi connectivity index (χ2v) is 6.98. The van der Waals surface area contributed by atoms with Gasteiger partial charge in [0.15, 0.2) is 6.10 Å². The molecule has 0 aliphatic rings. The number of carbonyl (C=O) groups excluding carboxylic acids is 1. The summed E-state index contributed by atoms with van der Waals surface area (Å²) in [6.45, 7) is 8.52. The maximum atomic E-state index is 12.4. The SMILES string of the molecule is Cc1cc(O[C@H](C)C(=O)NCCCn2ccnc2)c2c(C)c(C)c(=O)oc2c1. The first-order valence-corrected chi connectivity index (χ1v) is 9.31. The first-order valence-electron chi connectivity index (χ1n) is 9.31.